The zero-order valence-corrected chi connectivity index (χ0v) is 42.0. The van der Waals surface area contributed by atoms with Gasteiger partial charge in [0.1, 0.15) is 60.3 Å². The summed E-state index contributed by atoms with van der Waals surface area (Å²) >= 11 is 0. The molecule has 2 aromatic carbocycles. The number of rotatable bonds is 16. The number of aliphatic hydroxyl groups excluding tert-OH is 10. The summed E-state index contributed by atoms with van der Waals surface area (Å²) in [4.78, 5) is 55.8. The molecule has 0 amide bonds. The highest BCUT2D eigenvalue weighted by molar-refractivity contribution is 5.89. The number of methoxy groups -OCH3 is 2. The monoisotopic (exact) mass is 1100 g/mol. The van der Waals surface area contributed by atoms with Crippen LogP contribution in [-0.2, 0) is 66.5 Å². The van der Waals surface area contributed by atoms with Gasteiger partial charge in [-0.3, -0.25) is 9.59 Å². The Morgan fingerprint density at radius 3 is 1.21 bits per heavy atom. The molecule has 0 bridgehead atoms. The maximum absolute atomic E-state index is 14.9. The standard InChI is InChI=1S/C52H64O26/c1-69-45(65)25-15-73-49(77-51-43(63)41(61)39(59)31(13-53)75-51)35-23(25)11-29(57)27(35)17-71-47(67)37-33(19-3-7-21(55)8-4-19)38(34(37)20-5-9-22(56)10-6-20)48(68)72-18-28-30(58)12-24-26(46(66)70-2)16-74-50(36(24)28)78-52-44(64)42(62)40(60)32(14-54)76-52/h3-10,15-16,23-24,27-44,49-64H,11-14,17-18H2,1-2H3/t23-,24-,27-,28-,29-,30-,31+,32+,33?,34?,35-,36-,37?,38?,39+,40+,41-,42-,43+,44+,49-,50-,51-,52-/m0/s1. The Morgan fingerprint density at radius 1 is 0.513 bits per heavy atom. The largest absolute Gasteiger partial charge is 0.508 e. The smallest absolute Gasteiger partial charge is 0.337 e. The van der Waals surface area contributed by atoms with E-state index < -0.39 is 196 Å². The molecule has 26 nitrogen and oxygen atoms in total. The van der Waals surface area contributed by atoms with Gasteiger partial charge in [-0.15, -0.1) is 0 Å². The molecule has 0 aromatic heterocycles. The molecular weight excluding hydrogens is 1040 g/mol. The highest BCUT2D eigenvalue weighted by Crippen LogP contribution is 2.59. The third kappa shape index (κ3) is 10.7. The number of benzene rings is 2. The Balaban J connectivity index is 0.983. The van der Waals surface area contributed by atoms with Gasteiger partial charge in [-0.05, 0) is 48.2 Å². The maximum atomic E-state index is 14.9. The van der Waals surface area contributed by atoms with E-state index in [1.807, 2.05) is 0 Å². The number of fused-ring (bicyclic) bond motifs is 2. The van der Waals surface area contributed by atoms with Crippen LogP contribution in [0.3, 0.4) is 0 Å². The fourth-order valence-electron chi connectivity index (χ4n) is 12.4. The topological polar surface area (TPSA) is 403 Å². The molecule has 0 unspecified atom stereocenters. The lowest BCUT2D eigenvalue weighted by Crippen LogP contribution is -2.60. The van der Waals surface area contributed by atoms with E-state index in [1.54, 1.807) is 0 Å². The van der Waals surface area contributed by atoms with Crippen molar-refractivity contribution in [1.29, 1.82) is 0 Å². The number of hydrogen-bond acceptors (Lipinski definition) is 26. The number of carbonyl (C=O) groups excluding carboxylic acids is 4. The fraction of sp³-hybridized carbons (Fsp3) is 0.615. The molecule has 9 rings (SSSR count). The van der Waals surface area contributed by atoms with Crippen LogP contribution in [0.5, 0.6) is 11.5 Å². The minimum atomic E-state index is -1.86. The molecule has 5 fully saturated rings. The van der Waals surface area contributed by atoms with Gasteiger partial charge >= 0.3 is 23.9 Å². The maximum Gasteiger partial charge on any atom is 0.337 e. The fourth-order valence-corrected chi connectivity index (χ4v) is 12.4. The number of esters is 4. The minimum Gasteiger partial charge on any atom is -0.508 e. The van der Waals surface area contributed by atoms with Gasteiger partial charge in [0.15, 0.2) is 12.6 Å². The van der Waals surface area contributed by atoms with Gasteiger partial charge in [-0.25, -0.2) is 9.59 Å². The molecule has 0 spiro atoms. The van der Waals surface area contributed by atoms with E-state index >= 15 is 0 Å². The highest BCUT2D eigenvalue weighted by Gasteiger charge is 2.62. The average molecular weight is 1110 g/mol. The molecule has 26 heteroatoms. The molecular formula is C52H64O26. The summed E-state index contributed by atoms with van der Waals surface area (Å²) < 4.78 is 56.9. The zero-order valence-electron chi connectivity index (χ0n) is 42.0. The zero-order chi connectivity index (χ0) is 56.0. The van der Waals surface area contributed by atoms with Crippen molar-refractivity contribution < 1.29 is 128 Å². The predicted molar refractivity (Wildman–Crippen MR) is 252 cm³/mol. The first-order valence-electron chi connectivity index (χ1n) is 25.4. The van der Waals surface area contributed by atoms with Crippen LogP contribution in [0.25, 0.3) is 0 Å². The van der Waals surface area contributed by atoms with Gasteiger partial charge in [0.25, 0.3) is 0 Å². The molecule has 12 N–H and O–H groups in total. The van der Waals surface area contributed by atoms with Crippen molar-refractivity contribution in [3.05, 3.63) is 83.3 Å². The van der Waals surface area contributed by atoms with E-state index in [2.05, 4.69) is 0 Å². The Labute approximate surface area is 444 Å². The molecule has 428 valence electrons. The summed E-state index contributed by atoms with van der Waals surface area (Å²) in [6.45, 7) is -2.65. The molecule has 20 atom stereocenters. The van der Waals surface area contributed by atoms with E-state index in [1.165, 1.54) is 48.5 Å². The number of hydrogen-bond donors (Lipinski definition) is 12. The Hall–Kier alpha value is -5.56. The highest BCUT2D eigenvalue weighted by atomic mass is 16.8. The SMILES string of the molecule is COC(=O)C1=CO[C@@H](O[C@@H]2O[C@H](CO)[C@@H](O)[C@H](O)[C@H]2O)[C@@H]2[C@@H](COC(=O)C3C(c4ccc(O)cc4)C(C(=O)OC[C@@H]4[C@H]5[C@H](O[C@@H]6O[C@H](CO)[C@@H](O)[C@H](O)[C@H]6O)OC=C(C(=O)OC)[C@@H]5C[C@@H]4O)C3c3ccc(O)cc3)[C@@H](O)C[C@@H]12. The van der Waals surface area contributed by atoms with Crippen molar-refractivity contribution in [3.8, 4) is 11.5 Å². The molecule has 4 aliphatic heterocycles. The van der Waals surface area contributed by atoms with Crippen molar-refractivity contribution in [2.45, 2.75) is 111 Å². The Morgan fingerprint density at radius 2 is 0.872 bits per heavy atom. The summed E-state index contributed by atoms with van der Waals surface area (Å²) in [5.41, 5.74) is 0.740. The van der Waals surface area contributed by atoms with Gasteiger partial charge in [-0.1, -0.05) is 24.3 Å². The van der Waals surface area contributed by atoms with Crippen molar-refractivity contribution in [3.63, 3.8) is 0 Å². The number of phenols is 2. The van der Waals surface area contributed by atoms with Gasteiger partial charge in [0, 0.05) is 47.3 Å². The normalized spacial score (nSPS) is 40.8. The second kappa shape index (κ2) is 23.6. The summed E-state index contributed by atoms with van der Waals surface area (Å²) in [7, 11) is 2.27. The van der Waals surface area contributed by atoms with Crippen LogP contribution in [0.4, 0.5) is 0 Å². The van der Waals surface area contributed by atoms with Gasteiger partial charge in [0.2, 0.25) is 12.6 Å². The lowest BCUT2D eigenvalue weighted by atomic mass is 9.52. The van der Waals surface area contributed by atoms with E-state index in [-0.39, 0.29) is 35.5 Å². The lowest BCUT2D eigenvalue weighted by molar-refractivity contribution is -0.343. The number of aliphatic hydroxyl groups is 10. The Bertz CT molecular complexity index is 2340. The van der Waals surface area contributed by atoms with Crippen molar-refractivity contribution >= 4 is 23.9 Å². The quantitative estimate of drug-likeness (QED) is 0.0588. The second-order valence-electron chi connectivity index (χ2n) is 20.7. The summed E-state index contributed by atoms with van der Waals surface area (Å²) in [6, 6.07) is 11.3. The number of phenolic OH excluding ortho intramolecular Hbond substituents is 2. The van der Waals surface area contributed by atoms with E-state index in [0.717, 1.165) is 26.7 Å². The number of ether oxygens (including phenoxy) is 10. The predicted octanol–water partition coefficient (Wildman–Crippen LogP) is -3.02. The summed E-state index contributed by atoms with van der Waals surface area (Å²) in [5.74, 6) is -14.2. The van der Waals surface area contributed by atoms with Crippen LogP contribution in [0.1, 0.15) is 35.8 Å². The Kier molecular flexibility index (Phi) is 17.3. The first kappa shape index (κ1) is 57.1. The molecule has 3 saturated carbocycles. The molecule has 2 aromatic rings. The van der Waals surface area contributed by atoms with Crippen molar-refractivity contribution in [2.75, 3.05) is 40.6 Å². The summed E-state index contributed by atoms with van der Waals surface area (Å²) in [5, 5.41) is 127. The van der Waals surface area contributed by atoms with Gasteiger partial charge < -0.3 is 109 Å². The molecule has 4 heterocycles. The van der Waals surface area contributed by atoms with Crippen LogP contribution in [-0.4, -0.2) is 212 Å². The lowest BCUT2D eigenvalue weighted by Gasteiger charge is -2.50. The molecule has 78 heavy (non-hydrogen) atoms. The number of aromatic hydroxyl groups is 2. The van der Waals surface area contributed by atoms with Crippen LogP contribution >= 0.6 is 0 Å². The van der Waals surface area contributed by atoms with E-state index in [9.17, 15) is 80.5 Å². The average Bonchev–Trinajstić information content (AvgIpc) is 4.07. The third-order valence-electron chi connectivity index (χ3n) is 16.5. The molecule has 0 radical (unpaired) electrons. The third-order valence-corrected chi connectivity index (χ3v) is 16.5. The van der Waals surface area contributed by atoms with Crippen molar-refractivity contribution in [2.24, 2.45) is 47.3 Å². The van der Waals surface area contributed by atoms with E-state index in [4.69, 9.17) is 47.4 Å². The summed E-state index contributed by atoms with van der Waals surface area (Å²) in [6.07, 6.45) is -20.6. The van der Waals surface area contributed by atoms with Crippen LogP contribution in [0, 0.1) is 47.3 Å². The van der Waals surface area contributed by atoms with Crippen LogP contribution < -0.4 is 0 Å². The van der Waals surface area contributed by atoms with Gasteiger partial charge in [-0.2, -0.15) is 0 Å². The van der Waals surface area contributed by atoms with E-state index in [0.29, 0.717) is 11.1 Å². The first-order chi connectivity index (χ1) is 37.3. The molecule has 3 aliphatic carbocycles. The molecule has 7 aliphatic rings. The van der Waals surface area contributed by atoms with Gasteiger partial charge in [0.05, 0.1) is 88.4 Å². The number of carbonyl (C=O) groups is 4. The van der Waals surface area contributed by atoms with Crippen LogP contribution in [0.15, 0.2) is 72.2 Å². The van der Waals surface area contributed by atoms with Crippen molar-refractivity contribution in [1.82, 2.24) is 0 Å². The molecule has 2 saturated heterocycles. The second-order valence-corrected chi connectivity index (χ2v) is 20.7. The first-order valence-corrected chi connectivity index (χ1v) is 25.4. The minimum absolute atomic E-state index is 0.00181. The van der Waals surface area contributed by atoms with Crippen LogP contribution in [0.2, 0.25) is 0 Å².